The van der Waals surface area contributed by atoms with E-state index >= 15 is 0 Å². The van der Waals surface area contributed by atoms with Crippen LogP contribution in [0.3, 0.4) is 0 Å². The van der Waals surface area contributed by atoms with Crippen molar-refractivity contribution in [2.45, 2.75) is 45.6 Å². The number of aryl methyl sites for hydroxylation is 2. The Bertz CT molecular complexity index is 1550. The lowest BCUT2D eigenvalue weighted by Gasteiger charge is -2.22. The molecule has 6 rings (SSSR count). The van der Waals surface area contributed by atoms with Gasteiger partial charge in [0, 0.05) is 61.0 Å². The van der Waals surface area contributed by atoms with Gasteiger partial charge in [-0.3, -0.25) is 14.0 Å². The summed E-state index contributed by atoms with van der Waals surface area (Å²) < 4.78 is 5.80. The Kier molecular flexibility index (Phi) is 5.32. The van der Waals surface area contributed by atoms with Crippen LogP contribution in [0.2, 0.25) is 0 Å². The first kappa shape index (κ1) is 22.4. The molecule has 1 unspecified atom stereocenters. The van der Waals surface area contributed by atoms with Gasteiger partial charge in [-0.25, -0.2) is 9.97 Å². The molecule has 0 aliphatic heterocycles. The minimum atomic E-state index is 0.319. The Hall–Kier alpha value is -4.07. The Balaban J connectivity index is 1.40. The fraction of sp³-hybridized carbons (Fsp3) is 0.321. The van der Waals surface area contributed by atoms with Crippen LogP contribution in [-0.2, 0) is 26.9 Å². The van der Waals surface area contributed by atoms with Crippen LogP contribution in [0.1, 0.15) is 55.5 Å². The van der Waals surface area contributed by atoms with Crippen molar-refractivity contribution in [1.82, 2.24) is 39.3 Å². The third-order valence-corrected chi connectivity index (χ3v) is 6.98. The minimum absolute atomic E-state index is 0.319. The summed E-state index contributed by atoms with van der Waals surface area (Å²) >= 11 is 0. The van der Waals surface area contributed by atoms with E-state index in [9.17, 15) is 0 Å². The van der Waals surface area contributed by atoms with Gasteiger partial charge >= 0.3 is 0 Å². The summed E-state index contributed by atoms with van der Waals surface area (Å²) in [5.41, 5.74) is 9.83. The van der Waals surface area contributed by atoms with E-state index in [1.54, 1.807) is 0 Å². The normalized spacial score (nSPS) is 14.8. The summed E-state index contributed by atoms with van der Waals surface area (Å²) in [6.45, 7) is 6.49. The molecule has 0 radical (unpaired) electrons. The van der Waals surface area contributed by atoms with Crippen molar-refractivity contribution in [3.8, 4) is 33.6 Å². The molecule has 1 atom stereocenters. The molecular formula is C28H30N8. The van der Waals surface area contributed by atoms with Crippen LogP contribution in [0, 0.1) is 0 Å². The van der Waals surface area contributed by atoms with E-state index in [0.717, 1.165) is 57.3 Å². The number of benzene rings is 1. The quantitative estimate of drug-likeness (QED) is 0.356. The zero-order valence-electron chi connectivity index (χ0n) is 21.3. The lowest BCUT2D eigenvalue weighted by atomic mass is 9.84. The van der Waals surface area contributed by atoms with Crippen LogP contribution in [-0.4, -0.2) is 39.3 Å². The molecule has 5 aromatic rings. The summed E-state index contributed by atoms with van der Waals surface area (Å²) in [5, 5.41) is 13.9. The molecule has 36 heavy (non-hydrogen) atoms. The van der Waals surface area contributed by atoms with Gasteiger partial charge in [0.05, 0.1) is 35.4 Å². The third-order valence-electron chi connectivity index (χ3n) is 6.98. The van der Waals surface area contributed by atoms with Gasteiger partial charge < -0.3 is 0 Å². The summed E-state index contributed by atoms with van der Waals surface area (Å²) in [4.78, 5) is 9.76. The highest BCUT2D eigenvalue weighted by atomic mass is 15.3. The van der Waals surface area contributed by atoms with Crippen molar-refractivity contribution >= 4 is 0 Å². The topological polar surface area (TPSA) is 79.2 Å². The maximum atomic E-state index is 5.07. The smallest absolute Gasteiger partial charge is 0.134 e. The Morgan fingerprint density at radius 2 is 1.75 bits per heavy atom. The predicted octanol–water partition coefficient (Wildman–Crippen LogP) is 4.97. The molecule has 0 bridgehead atoms. The van der Waals surface area contributed by atoms with Gasteiger partial charge in [0.25, 0.3) is 0 Å². The maximum Gasteiger partial charge on any atom is 0.134 e. The van der Waals surface area contributed by atoms with Gasteiger partial charge in [-0.1, -0.05) is 31.2 Å². The van der Waals surface area contributed by atoms with Crippen LogP contribution in [0.25, 0.3) is 33.6 Å². The first-order chi connectivity index (χ1) is 17.4. The number of hydrogen-bond acceptors (Lipinski definition) is 5. The van der Waals surface area contributed by atoms with Crippen molar-refractivity contribution in [3.63, 3.8) is 0 Å². The molecule has 8 heteroatoms. The average Bonchev–Trinajstić information content (AvgIpc) is 3.58. The number of aromatic nitrogens is 8. The van der Waals surface area contributed by atoms with Gasteiger partial charge in [0.15, 0.2) is 0 Å². The van der Waals surface area contributed by atoms with Gasteiger partial charge in [0.2, 0.25) is 0 Å². The van der Waals surface area contributed by atoms with Crippen molar-refractivity contribution in [3.05, 3.63) is 77.9 Å². The summed E-state index contributed by atoms with van der Waals surface area (Å²) in [6, 6.07) is 11.0. The molecular weight excluding hydrogens is 448 g/mol. The molecule has 4 aromatic heterocycles. The second-order valence-electron chi connectivity index (χ2n) is 10.0. The largest absolute Gasteiger partial charge is 0.276 e. The van der Waals surface area contributed by atoms with E-state index < -0.39 is 0 Å². The number of rotatable bonds is 5. The van der Waals surface area contributed by atoms with Gasteiger partial charge in [0.1, 0.15) is 5.82 Å². The third kappa shape index (κ3) is 3.82. The van der Waals surface area contributed by atoms with E-state index in [0.29, 0.717) is 18.4 Å². The zero-order chi connectivity index (χ0) is 25.0. The zero-order valence-corrected chi connectivity index (χ0v) is 21.3. The average molecular weight is 479 g/mol. The SMILES string of the molecule is CC1Cc2nn(C)c(-c3ccc(-c4cnn(C(C)C)c4)cc3)c2-c2nc(Cc3ccn(C)n3)ncc21. The van der Waals surface area contributed by atoms with Gasteiger partial charge in [-0.2, -0.15) is 15.3 Å². The van der Waals surface area contributed by atoms with Crippen LogP contribution in [0.5, 0.6) is 0 Å². The van der Waals surface area contributed by atoms with Crippen molar-refractivity contribution in [2.24, 2.45) is 14.1 Å². The first-order valence-electron chi connectivity index (χ1n) is 12.4. The molecule has 1 aromatic carbocycles. The molecule has 0 saturated carbocycles. The monoisotopic (exact) mass is 478 g/mol. The Labute approximate surface area is 210 Å². The second-order valence-corrected chi connectivity index (χ2v) is 10.0. The van der Waals surface area contributed by atoms with Crippen molar-refractivity contribution < 1.29 is 0 Å². The Morgan fingerprint density at radius 1 is 0.972 bits per heavy atom. The number of fused-ring (bicyclic) bond motifs is 3. The molecule has 0 saturated heterocycles. The Morgan fingerprint density at radius 3 is 2.44 bits per heavy atom. The molecule has 182 valence electrons. The van der Waals surface area contributed by atoms with E-state index in [2.05, 4.69) is 61.4 Å². The first-order valence-corrected chi connectivity index (χ1v) is 12.4. The lowest BCUT2D eigenvalue weighted by molar-refractivity contribution is 0.532. The molecule has 1 aliphatic rings. The van der Waals surface area contributed by atoms with E-state index in [-0.39, 0.29) is 0 Å². The second kappa shape index (κ2) is 8.55. The van der Waals surface area contributed by atoms with E-state index in [1.165, 1.54) is 5.56 Å². The summed E-state index contributed by atoms with van der Waals surface area (Å²) in [7, 11) is 3.95. The number of hydrogen-bond donors (Lipinski definition) is 0. The van der Waals surface area contributed by atoms with Gasteiger partial charge in [-0.15, -0.1) is 0 Å². The molecule has 0 fully saturated rings. The minimum Gasteiger partial charge on any atom is -0.276 e. The molecule has 8 nitrogen and oxygen atoms in total. The standard InChI is InChI=1S/C28H30N8/c1-17(2)36-16-21(14-30-36)19-6-8-20(9-7-19)28-26-24(33-35(28)5)12-18(3)23-15-29-25(31-27(23)26)13-22-10-11-34(4)32-22/h6-11,14-18H,12-13H2,1-5H3. The summed E-state index contributed by atoms with van der Waals surface area (Å²) in [5.74, 6) is 1.10. The predicted molar refractivity (Wildman–Crippen MR) is 139 cm³/mol. The van der Waals surface area contributed by atoms with Crippen LogP contribution in [0.4, 0.5) is 0 Å². The van der Waals surface area contributed by atoms with Crippen molar-refractivity contribution in [1.29, 1.82) is 0 Å². The fourth-order valence-electron chi connectivity index (χ4n) is 5.09. The lowest BCUT2D eigenvalue weighted by Crippen LogP contribution is -2.12. The van der Waals surface area contributed by atoms with Gasteiger partial charge in [-0.05, 0) is 37.8 Å². The highest BCUT2D eigenvalue weighted by Gasteiger charge is 2.30. The molecule has 0 amide bonds. The van der Waals surface area contributed by atoms with Crippen LogP contribution in [0.15, 0.2) is 55.1 Å². The summed E-state index contributed by atoms with van der Waals surface area (Å²) in [6.07, 6.45) is 9.46. The van der Waals surface area contributed by atoms with E-state index in [1.807, 2.05) is 52.8 Å². The van der Waals surface area contributed by atoms with Crippen LogP contribution >= 0.6 is 0 Å². The number of nitrogens with zero attached hydrogens (tertiary/aromatic N) is 8. The fourth-order valence-corrected chi connectivity index (χ4v) is 5.09. The molecule has 0 spiro atoms. The maximum absolute atomic E-state index is 5.07. The molecule has 0 N–H and O–H groups in total. The van der Waals surface area contributed by atoms with E-state index in [4.69, 9.17) is 15.1 Å². The highest BCUT2D eigenvalue weighted by Crippen LogP contribution is 2.43. The highest BCUT2D eigenvalue weighted by molar-refractivity contribution is 5.85. The molecule has 4 heterocycles. The molecule has 1 aliphatic carbocycles. The van der Waals surface area contributed by atoms with Crippen molar-refractivity contribution in [2.75, 3.05) is 0 Å². The van der Waals surface area contributed by atoms with Crippen LogP contribution < -0.4 is 0 Å².